The number of hydrogen-bond donors (Lipinski definition) is 1. The molecule has 8 nitrogen and oxygen atoms in total. The first-order valence-electron chi connectivity index (χ1n) is 16.4. The molecule has 0 saturated heterocycles. The topological polar surface area (TPSA) is 66.4 Å². The lowest BCUT2D eigenvalue weighted by Gasteiger charge is -2.44. The second kappa shape index (κ2) is 11.7. The average molecular weight is 639 g/mol. The van der Waals surface area contributed by atoms with Crippen LogP contribution in [0, 0.1) is 0 Å². The van der Waals surface area contributed by atoms with Gasteiger partial charge in [0.2, 0.25) is 5.75 Å². The Bertz CT molecular complexity index is 1830. The second-order valence-corrected chi connectivity index (χ2v) is 14.3. The summed E-state index contributed by atoms with van der Waals surface area (Å²) in [5, 5.41) is 10.8. The molecule has 1 N–H and O–H groups in total. The van der Waals surface area contributed by atoms with Gasteiger partial charge in [-0.25, -0.2) is 0 Å². The van der Waals surface area contributed by atoms with Crippen molar-refractivity contribution in [3.8, 4) is 46.0 Å². The number of ether oxygens (including phenoxy) is 5. The molecule has 8 rings (SSSR count). The lowest BCUT2D eigenvalue weighted by Crippen LogP contribution is -2.49. The number of phenolic OH excluding ortho intramolecular Hbond substituents is 1. The number of methoxy groups -OCH3 is 3. The quantitative estimate of drug-likeness (QED) is 0.241. The van der Waals surface area contributed by atoms with E-state index in [4.69, 9.17) is 23.7 Å². The zero-order valence-electron chi connectivity index (χ0n) is 28.6. The maximum absolute atomic E-state index is 10.8. The van der Waals surface area contributed by atoms with Crippen molar-refractivity contribution in [3.63, 3.8) is 0 Å². The van der Waals surface area contributed by atoms with Gasteiger partial charge in [-0.2, -0.15) is 0 Å². The molecule has 2 unspecified atom stereocenters. The van der Waals surface area contributed by atoms with Gasteiger partial charge in [0.25, 0.3) is 0 Å². The number of rotatable bonds is 3. The van der Waals surface area contributed by atoms with Gasteiger partial charge in [0.1, 0.15) is 17.8 Å². The van der Waals surface area contributed by atoms with Crippen LogP contribution >= 0.6 is 0 Å². The lowest BCUT2D eigenvalue weighted by atomic mass is 9.85. The normalized spacial score (nSPS) is 20.5. The summed E-state index contributed by atoms with van der Waals surface area (Å²) < 4.78 is 33.0. The molecule has 4 aromatic carbocycles. The molecule has 0 saturated carbocycles. The van der Waals surface area contributed by atoms with E-state index in [9.17, 15) is 5.11 Å². The van der Waals surface area contributed by atoms with Crippen molar-refractivity contribution < 1.29 is 37.8 Å². The third-order valence-electron chi connectivity index (χ3n) is 10.7. The molecule has 4 heterocycles. The average Bonchev–Trinajstić information content (AvgIpc) is 3.05. The van der Waals surface area contributed by atoms with Crippen molar-refractivity contribution in [2.24, 2.45) is 0 Å². The van der Waals surface area contributed by atoms with Gasteiger partial charge in [-0.05, 0) is 64.7 Å². The van der Waals surface area contributed by atoms with Gasteiger partial charge >= 0.3 is 0 Å². The highest BCUT2D eigenvalue weighted by Gasteiger charge is 2.42. The summed E-state index contributed by atoms with van der Waals surface area (Å²) in [6, 6.07) is 20.6. The van der Waals surface area contributed by atoms with E-state index in [2.05, 4.69) is 58.5 Å². The molecule has 0 amide bonds. The van der Waals surface area contributed by atoms with E-state index < -0.39 is 0 Å². The van der Waals surface area contributed by atoms with E-state index in [0.717, 1.165) is 52.4 Å². The lowest BCUT2D eigenvalue weighted by molar-refractivity contribution is -0.923. The molecule has 246 valence electrons. The fraction of sp³-hybridized carbons (Fsp3) is 0.385. The molecular weight excluding hydrogens is 592 g/mol. The molecule has 47 heavy (non-hydrogen) atoms. The van der Waals surface area contributed by atoms with Crippen LogP contribution in [0.15, 0.2) is 60.7 Å². The Labute approximate surface area is 277 Å². The molecule has 4 aliphatic heterocycles. The Kier molecular flexibility index (Phi) is 7.76. The van der Waals surface area contributed by atoms with Crippen LogP contribution in [0.25, 0.3) is 0 Å². The van der Waals surface area contributed by atoms with Crippen LogP contribution in [-0.4, -0.2) is 76.7 Å². The van der Waals surface area contributed by atoms with Crippen molar-refractivity contribution in [2.45, 2.75) is 37.8 Å². The Morgan fingerprint density at radius 2 is 1.30 bits per heavy atom. The van der Waals surface area contributed by atoms with Gasteiger partial charge in [-0.15, -0.1) is 0 Å². The van der Waals surface area contributed by atoms with Crippen LogP contribution < -0.4 is 23.7 Å². The van der Waals surface area contributed by atoms with Crippen LogP contribution in [0.2, 0.25) is 0 Å². The number of fused-ring (bicyclic) bond motifs is 2. The summed E-state index contributed by atoms with van der Waals surface area (Å²) in [6.07, 6.45) is 3.36. The minimum absolute atomic E-state index is 0.0103. The minimum atomic E-state index is 0.0103. The predicted octanol–water partition coefficient (Wildman–Crippen LogP) is 7.15. The summed E-state index contributed by atoms with van der Waals surface area (Å²) in [7, 11) is 14.2. The third-order valence-corrected chi connectivity index (χ3v) is 10.7. The standard InChI is InChI=1S/C39H45N2O6/c1-40(2)16-14-26-21-34(43-5)35-23-29(26)30(40)18-24-8-11-28(12-9-24)46-33-20-25(10-13-32(33)42)19-31-37-27(15-17-41(31,3)4)22-36(44-6)38(45-7)39(37)47-35/h8-13,20-23,30-31H,14-19H2,1-7H3/q+1/p+1. The van der Waals surface area contributed by atoms with Crippen molar-refractivity contribution in [1.29, 1.82) is 0 Å². The van der Waals surface area contributed by atoms with Crippen molar-refractivity contribution in [2.75, 3.05) is 62.6 Å². The Morgan fingerprint density at radius 1 is 0.660 bits per heavy atom. The monoisotopic (exact) mass is 638 g/mol. The van der Waals surface area contributed by atoms with Gasteiger partial charge in [-0.3, -0.25) is 0 Å². The molecule has 4 aromatic rings. The first kappa shape index (κ1) is 31.2. The predicted molar refractivity (Wildman–Crippen MR) is 181 cm³/mol. The largest absolute Gasteiger partial charge is 0.504 e. The molecule has 0 aliphatic carbocycles. The van der Waals surface area contributed by atoms with E-state index in [1.54, 1.807) is 27.4 Å². The van der Waals surface area contributed by atoms with Gasteiger partial charge in [-0.1, -0.05) is 18.2 Å². The van der Waals surface area contributed by atoms with Gasteiger partial charge in [0.15, 0.2) is 34.5 Å². The second-order valence-electron chi connectivity index (χ2n) is 14.3. The first-order chi connectivity index (χ1) is 22.5. The van der Waals surface area contributed by atoms with Crippen LogP contribution in [-0.2, 0) is 25.7 Å². The molecule has 0 aromatic heterocycles. The molecule has 0 radical (unpaired) electrons. The number of phenols is 1. The summed E-state index contributed by atoms with van der Waals surface area (Å²) in [5.41, 5.74) is 7.09. The van der Waals surface area contributed by atoms with E-state index in [0.29, 0.717) is 46.7 Å². The van der Waals surface area contributed by atoms with Crippen LogP contribution in [0.4, 0.5) is 0 Å². The fourth-order valence-electron chi connectivity index (χ4n) is 7.79. The minimum Gasteiger partial charge on any atom is -0.504 e. The summed E-state index contributed by atoms with van der Waals surface area (Å²) >= 11 is 0. The molecule has 8 heteroatoms. The Balaban J connectivity index is 1.50. The highest BCUT2D eigenvalue weighted by molar-refractivity contribution is 5.63. The number of hydrogen-bond acceptors (Lipinski definition) is 6. The number of quaternary nitrogens is 2. The molecule has 0 fully saturated rings. The van der Waals surface area contributed by atoms with Crippen molar-refractivity contribution >= 4 is 0 Å². The third kappa shape index (κ3) is 5.53. The summed E-state index contributed by atoms with van der Waals surface area (Å²) in [5.74, 6) is 4.48. The van der Waals surface area contributed by atoms with E-state index in [1.165, 1.54) is 22.3 Å². The van der Waals surface area contributed by atoms with Crippen molar-refractivity contribution in [1.82, 2.24) is 0 Å². The zero-order chi connectivity index (χ0) is 33.1. The van der Waals surface area contributed by atoms with E-state index in [-0.39, 0.29) is 17.8 Å². The molecular formula is C39H46N2O6+2. The highest BCUT2D eigenvalue weighted by Crippen LogP contribution is 2.53. The number of benzene rings is 4. The smallest absolute Gasteiger partial charge is 0.204 e. The summed E-state index contributed by atoms with van der Waals surface area (Å²) in [4.78, 5) is 0. The molecule has 6 bridgehead atoms. The maximum Gasteiger partial charge on any atom is 0.204 e. The van der Waals surface area contributed by atoms with Gasteiger partial charge in [0.05, 0.1) is 68.2 Å². The first-order valence-corrected chi connectivity index (χ1v) is 16.4. The van der Waals surface area contributed by atoms with Crippen LogP contribution in [0.5, 0.6) is 46.0 Å². The van der Waals surface area contributed by atoms with E-state index in [1.807, 2.05) is 24.3 Å². The molecule has 4 aliphatic rings. The van der Waals surface area contributed by atoms with Gasteiger partial charge < -0.3 is 37.8 Å². The van der Waals surface area contributed by atoms with Crippen LogP contribution in [0.1, 0.15) is 45.5 Å². The number of nitrogens with zero attached hydrogens (tertiary/aromatic N) is 2. The Hall–Kier alpha value is -4.40. The molecule has 0 spiro atoms. The molecule has 2 atom stereocenters. The maximum atomic E-state index is 10.8. The number of aromatic hydroxyl groups is 1. The summed E-state index contributed by atoms with van der Waals surface area (Å²) in [6.45, 7) is 1.96. The Morgan fingerprint density at radius 3 is 2.00 bits per heavy atom. The van der Waals surface area contributed by atoms with Gasteiger partial charge in [0, 0.05) is 31.2 Å². The van der Waals surface area contributed by atoms with E-state index >= 15 is 0 Å². The van der Waals surface area contributed by atoms with Crippen LogP contribution in [0.3, 0.4) is 0 Å². The highest BCUT2D eigenvalue weighted by atomic mass is 16.5. The fourth-order valence-corrected chi connectivity index (χ4v) is 7.79. The number of likely N-dealkylation sites (N-methyl/N-ethyl adjacent to an activating group) is 2. The zero-order valence-corrected chi connectivity index (χ0v) is 28.6. The van der Waals surface area contributed by atoms with Crippen molar-refractivity contribution in [3.05, 3.63) is 94.0 Å². The SMILES string of the molecule is COc1cc2c3cc1Oc1c(OC)c(OC)cc4c1C(Cc1ccc(O)c(c1)Oc1ccc(cc1)CC3[N+](C)(C)CC2)[N+](C)(C)CC4.